The van der Waals surface area contributed by atoms with Gasteiger partial charge >= 0.3 is 0 Å². The standard InChI is InChI=1S/C16H17F2NO/c1-16(20,14-8-7-13(17)9-15(14)18)11-19-10-12-5-3-2-4-6-12/h2-9,19-20H,10-11H2,1H3. The van der Waals surface area contributed by atoms with Crippen LogP contribution in [-0.4, -0.2) is 11.7 Å². The molecule has 2 N–H and O–H groups in total. The average molecular weight is 277 g/mol. The fourth-order valence-electron chi connectivity index (χ4n) is 2.07. The molecule has 0 bridgehead atoms. The molecule has 4 heteroatoms. The summed E-state index contributed by atoms with van der Waals surface area (Å²) in [6.45, 7) is 2.24. The number of benzene rings is 2. The molecule has 2 aromatic carbocycles. The van der Waals surface area contributed by atoms with Crippen LogP contribution in [0.2, 0.25) is 0 Å². The third-order valence-corrected chi connectivity index (χ3v) is 3.15. The summed E-state index contributed by atoms with van der Waals surface area (Å²) in [5.74, 6) is -1.39. The van der Waals surface area contributed by atoms with Gasteiger partial charge in [0, 0.05) is 24.7 Å². The highest BCUT2D eigenvalue weighted by atomic mass is 19.1. The second kappa shape index (κ2) is 6.11. The number of aliphatic hydroxyl groups is 1. The highest BCUT2D eigenvalue weighted by Gasteiger charge is 2.26. The largest absolute Gasteiger partial charge is 0.384 e. The lowest BCUT2D eigenvalue weighted by Crippen LogP contribution is -2.36. The van der Waals surface area contributed by atoms with Crippen molar-refractivity contribution in [1.29, 1.82) is 0 Å². The molecule has 20 heavy (non-hydrogen) atoms. The summed E-state index contributed by atoms with van der Waals surface area (Å²) in [5.41, 5.74) is -0.241. The first-order valence-electron chi connectivity index (χ1n) is 6.41. The van der Waals surface area contributed by atoms with E-state index < -0.39 is 17.2 Å². The Morgan fingerprint density at radius 3 is 2.45 bits per heavy atom. The molecule has 0 amide bonds. The number of nitrogens with one attached hydrogen (secondary N) is 1. The molecule has 0 saturated carbocycles. The Balaban J connectivity index is 2.00. The molecule has 0 fully saturated rings. The monoisotopic (exact) mass is 277 g/mol. The Hall–Kier alpha value is -1.78. The zero-order chi connectivity index (χ0) is 14.6. The summed E-state index contributed by atoms with van der Waals surface area (Å²) in [4.78, 5) is 0. The van der Waals surface area contributed by atoms with E-state index in [1.165, 1.54) is 13.0 Å². The first-order chi connectivity index (χ1) is 9.49. The van der Waals surface area contributed by atoms with Crippen LogP contribution in [0.15, 0.2) is 48.5 Å². The van der Waals surface area contributed by atoms with Crippen molar-refractivity contribution in [3.63, 3.8) is 0 Å². The highest BCUT2D eigenvalue weighted by molar-refractivity contribution is 5.25. The molecule has 2 aromatic rings. The van der Waals surface area contributed by atoms with Gasteiger partial charge in [-0.15, -0.1) is 0 Å². The van der Waals surface area contributed by atoms with E-state index in [9.17, 15) is 13.9 Å². The van der Waals surface area contributed by atoms with Crippen LogP contribution in [0.4, 0.5) is 8.78 Å². The molecule has 0 saturated heterocycles. The van der Waals surface area contributed by atoms with Gasteiger partial charge in [-0.05, 0) is 18.6 Å². The van der Waals surface area contributed by atoms with Gasteiger partial charge in [0.1, 0.15) is 17.2 Å². The third-order valence-electron chi connectivity index (χ3n) is 3.15. The van der Waals surface area contributed by atoms with E-state index in [0.717, 1.165) is 17.7 Å². The van der Waals surface area contributed by atoms with E-state index in [2.05, 4.69) is 5.32 Å². The minimum absolute atomic E-state index is 0.0828. The van der Waals surface area contributed by atoms with Crippen molar-refractivity contribution in [2.24, 2.45) is 0 Å². The Kier molecular flexibility index (Phi) is 4.47. The van der Waals surface area contributed by atoms with Crippen molar-refractivity contribution in [1.82, 2.24) is 5.32 Å². The molecule has 0 aliphatic heterocycles. The van der Waals surface area contributed by atoms with Gasteiger partial charge in [0.2, 0.25) is 0 Å². The maximum Gasteiger partial charge on any atom is 0.132 e. The highest BCUT2D eigenvalue weighted by Crippen LogP contribution is 2.23. The maximum atomic E-state index is 13.7. The molecule has 106 valence electrons. The predicted molar refractivity (Wildman–Crippen MR) is 74.1 cm³/mol. The van der Waals surface area contributed by atoms with Crippen molar-refractivity contribution >= 4 is 0 Å². The zero-order valence-electron chi connectivity index (χ0n) is 11.2. The summed E-state index contributed by atoms with van der Waals surface area (Å²) in [7, 11) is 0. The molecule has 0 spiro atoms. The molecule has 0 aromatic heterocycles. The molecule has 2 rings (SSSR count). The van der Waals surface area contributed by atoms with E-state index in [0.29, 0.717) is 6.54 Å². The molecule has 2 nitrogen and oxygen atoms in total. The van der Waals surface area contributed by atoms with Crippen LogP contribution >= 0.6 is 0 Å². The average Bonchev–Trinajstić information content (AvgIpc) is 2.39. The quantitative estimate of drug-likeness (QED) is 0.880. The van der Waals surface area contributed by atoms with Gasteiger partial charge in [-0.25, -0.2) is 8.78 Å². The van der Waals surface area contributed by atoms with Crippen molar-refractivity contribution in [2.45, 2.75) is 19.1 Å². The summed E-state index contributed by atoms with van der Waals surface area (Å²) in [5, 5.41) is 13.4. The van der Waals surface area contributed by atoms with Crippen LogP contribution in [0.25, 0.3) is 0 Å². The van der Waals surface area contributed by atoms with Crippen LogP contribution in [0.5, 0.6) is 0 Å². The number of hydrogen-bond acceptors (Lipinski definition) is 2. The van der Waals surface area contributed by atoms with Gasteiger partial charge in [0.25, 0.3) is 0 Å². The van der Waals surface area contributed by atoms with Crippen LogP contribution < -0.4 is 5.32 Å². The molecular weight excluding hydrogens is 260 g/mol. The van der Waals surface area contributed by atoms with E-state index >= 15 is 0 Å². The van der Waals surface area contributed by atoms with Crippen molar-refractivity contribution in [3.05, 3.63) is 71.3 Å². The van der Waals surface area contributed by atoms with Gasteiger partial charge in [0.05, 0.1) is 0 Å². The van der Waals surface area contributed by atoms with E-state index in [4.69, 9.17) is 0 Å². The minimum Gasteiger partial charge on any atom is -0.384 e. The Labute approximate surface area is 117 Å². The maximum absolute atomic E-state index is 13.7. The lowest BCUT2D eigenvalue weighted by atomic mass is 9.95. The SMILES string of the molecule is CC(O)(CNCc1ccccc1)c1ccc(F)cc1F. The van der Waals surface area contributed by atoms with Crippen LogP contribution in [-0.2, 0) is 12.1 Å². The molecule has 1 unspecified atom stereocenters. The second-order valence-electron chi connectivity index (χ2n) is 4.99. The predicted octanol–water partition coefficient (Wildman–Crippen LogP) is 2.96. The van der Waals surface area contributed by atoms with Gasteiger partial charge in [-0.2, -0.15) is 0 Å². The zero-order valence-corrected chi connectivity index (χ0v) is 11.2. The molecule has 0 heterocycles. The van der Waals surface area contributed by atoms with Crippen molar-refractivity contribution in [3.8, 4) is 0 Å². The van der Waals surface area contributed by atoms with Crippen LogP contribution in [0.1, 0.15) is 18.1 Å². The summed E-state index contributed by atoms with van der Waals surface area (Å²) < 4.78 is 26.5. The van der Waals surface area contributed by atoms with Crippen LogP contribution in [0.3, 0.4) is 0 Å². The van der Waals surface area contributed by atoms with E-state index in [-0.39, 0.29) is 12.1 Å². The topological polar surface area (TPSA) is 32.3 Å². The van der Waals surface area contributed by atoms with Crippen LogP contribution in [0, 0.1) is 11.6 Å². The lowest BCUT2D eigenvalue weighted by molar-refractivity contribution is 0.0528. The van der Waals surface area contributed by atoms with Gasteiger partial charge < -0.3 is 10.4 Å². The molecular formula is C16H17F2NO. The molecule has 0 aliphatic rings. The molecule has 0 aliphatic carbocycles. The summed E-state index contributed by atoms with van der Waals surface area (Å²) >= 11 is 0. The number of hydrogen-bond donors (Lipinski definition) is 2. The third kappa shape index (κ3) is 3.62. The number of halogens is 2. The second-order valence-corrected chi connectivity index (χ2v) is 4.99. The normalized spacial score (nSPS) is 14.0. The van der Waals surface area contributed by atoms with Crippen molar-refractivity contribution < 1.29 is 13.9 Å². The Morgan fingerprint density at radius 2 is 1.80 bits per heavy atom. The number of rotatable bonds is 5. The first-order valence-corrected chi connectivity index (χ1v) is 6.41. The van der Waals surface area contributed by atoms with E-state index in [1.54, 1.807) is 0 Å². The first kappa shape index (κ1) is 14.6. The van der Waals surface area contributed by atoms with Gasteiger partial charge in [0.15, 0.2) is 0 Å². The summed E-state index contributed by atoms with van der Waals surface area (Å²) in [6, 6.07) is 12.9. The lowest BCUT2D eigenvalue weighted by Gasteiger charge is -2.25. The fraction of sp³-hybridized carbons (Fsp3) is 0.250. The fourth-order valence-corrected chi connectivity index (χ4v) is 2.07. The van der Waals surface area contributed by atoms with Crippen molar-refractivity contribution in [2.75, 3.05) is 6.54 Å². The molecule has 1 atom stereocenters. The Bertz CT molecular complexity index is 570. The minimum atomic E-state index is -1.40. The molecule has 0 radical (unpaired) electrons. The van der Waals surface area contributed by atoms with Gasteiger partial charge in [-0.3, -0.25) is 0 Å². The smallest absolute Gasteiger partial charge is 0.132 e. The van der Waals surface area contributed by atoms with Gasteiger partial charge in [-0.1, -0.05) is 36.4 Å². The summed E-state index contributed by atoms with van der Waals surface area (Å²) in [6.07, 6.45) is 0. The Morgan fingerprint density at radius 1 is 1.10 bits per heavy atom. The van der Waals surface area contributed by atoms with E-state index in [1.807, 2.05) is 30.3 Å².